The fourth-order valence-corrected chi connectivity index (χ4v) is 3.16. The van der Waals surface area contributed by atoms with Crippen LogP contribution in [-0.2, 0) is 4.74 Å². The Morgan fingerprint density at radius 3 is 2.68 bits per heavy atom. The monoisotopic (exact) mass is 337 g/mol. The van der Waals surface area contributed by atoms with Crippen molar-refractivity contribution in [3.8, 4) is 11.1 Å². The zero-order chi connectivity index (χ0) is 17.1. The molecule has 0 radical (unpaired) electrons. The molecule has 0 saturated carbocycles. The molecule has 1 N–H and O–H groups in total. The number of rotatable bonds is 5. The fourth-order valence-electron chi connectivity index (χ4n) is 3.16. The zero-order valence-electron chi connectivity index (χ0n) is 14.5. The Labute approximate surface area is 147 Å². The zero-order valence-corrected chi connectivity index (χ0v) is 14.5. The second kappa shape index (κ2) is 7.11. The van der Waals surface area contributed by atoms with Crippen molar-refractivity contribution < 1.29 is 4.74 Å². The molecular formula is C19H23N5O. The normalized spacial score (nSPS) is 14.8. The third-order valence-corrected chi connectivity index (χ3v) is 4.51. The highest BCUT2D eigenvalue weighted by molar-refractivity contribution is 5.78. The molecule has 3 aromatic rings. The third kappa shape index (κ3) is 3.17. The lowest BCUT2D eigenvalue weighted by Gasteiger charge is -2.28. The second-order valence-corrected chi connectivity index (χ2v) is 6.20. The van der Waals surface area contributed by atoms with Gasteiger partial charge in [0.25, 0.3) is 0 Å². The van der Waals surface area contributed by atoms with Gasteiger partial charge in [0, 0.05) is 37.1 Å². The molecule has 0 unspecified atom stereocenters. The highest BCUT2D eigenvalue weighted by Gasteiger charge is 2.13. The molecule has 25 heavy (non-hydrogen) atoms. The number of morpholine rings is 1. The number of ether oxygens (including phenoxy) is 1. The summed E-state index contributed by atoms with van der Waals surface area (Å²) in [6.45, 7) is 6.56. The van der Waals surface area contributed by atoms with Crippen molar-refractivity contribution in [3.05, 3.63) is 42.7 Å². The molecule has 1 aromatic carbocycles. The van der Waals surface area contributed by atoms with Crippen molar-refractivity contribution >= 4 is 17.2 Å². The minimum absolute atomic E-state index is 0.799. The standard InChI is InChI=1S/C19H23N5O/c1-2-8-20-18-7-9-21-19-17(14-22-24(18)19)15-3-5-16(6-4-15)23-10-12-25-13-11-23/h3-7,9,14,20H,2,8,10-13H2,1H3. The topological polar surface area (TPSA) is 54.7 Å². The van der Waals surface area contributed by atoms with Crippen molar-refractivity contribution in [2.45, 2.75) is 13.3 Å². The SMILES string of the molecule is CCCNc1ccnc2c(-c3ccc(N4CCOCC4)cc3)cnn12. The summed E-state index contributed by atoms with van der Waals surface area (Å²) in [5, 5.41) is 7.92. The molecule has 1 aliphatic rings. The summed E-state index contributed by atoms with van der Waals surface area (Å²) < 4.78 is 7.30. The molecule has 6 nitrogen and oxygen atoms in total. The Hall–Kier alpha value is -2.60. The first-order chi connectivity index (χ1) is 12.4. The molecule has 4 rings (SSSR count). The van der Waals surface area contributed by atoms with Crippen molar-refractivity contribution in [2.24, 2.45) is 0 Å². The van der Waals surface area contributed by atoms with E-state index in [2.05, 4.69) is 51.5 Å². The van der Waals surface area contributed by atoms with Gasteiger partial charge >= 0.3 is 0 Å². The Balaban J connectivity index is 1.63. The first kappa shape index (κ1) is 15.9. The highest BCUT2D eigenvalue weighted by Crippen LogP contribution is 2.27. The Morgan fingerprint density at radius 2 is 1.92 bits per heavy atom. The van der Waals surface area contributed by atoms with E-state index in [0.29, 0.717) is 0 Å². The van der Waals surface area contributed by atoms with Crippen LogP contribution in [-0.4, -0.2) is 47.4 Å². The van der Waals surface area contributed by atoms with Crippen molar-refractivity contribution in [1.82, 2.24) is 14.6 Å². The van der Waals surface area contributed by atoms with Gasteiger partial charge in [0.1, 0.15) is 5.82 Å². The minimum atomic E-state index is 0.799. The van der Waals surface area contributed by atoms with E-state index >= 15 is 0 Å². The number of hydrogen-bond donors (Lipinski definition) is 1. The summed E-state index contributed by atoms with van der Waals surface area (Å²) in [4.78, 5) is 6.89. The van der Waals surface area contributed by atoms with Gasteiger partial charge in [-0.2, -0.15) is 9.61 Å². The number of nitrogens with one attached hydrogen (secondary N) is 1. The molecule has 130 valence electrons. The molecule has 1 saturated heterocycles. The average molecular weight is 337 g/mol. The van der Waals surface area contributed by atoms with Gasteiger partial charge in [-0.3, -0.25) is 0 Å². The van der Waals surface area contributed by atoms with E-state index in [1.807, 2.05) is 23.0 Å². The number of anilines is 2. The van der Waals surface area contributed by atoms with Gasteiger partial charge in [0.2, 0.25) is 0 Å². The van der Waals surface area contributed by atoms with Crippen LogP contribution in [0.25, 0.3) is 16.8 Å². The van der Waals surface area contributed by atoms with Crippen molar-refractivity contribution in [2.75, 3.05) is 43.1 Å². The van der Waals surface area contributed by atoms with Gasteiger partial charge in [-0.15, -0.1) is 0 Å². The van der Waals surface area contributed by atoms with Gasteiger partial charge in [-0.05, 0) is 30.2 Å². The Kier molecular flexibility index (Phi) is 4.52. The number of aromatic nitrogens is 3. The van der Waals surface area contributed by atoms with Crippen LogP contribution in [0.3, 0.4) is 0 Å². The van der Waals surface area contributed by atoms with Gasteiger partial charge in [0.15, 0.2) is 5.65 Å². The molecule has 0 aliphatic carbocycles. The van der Waals surface area contributed by atoms with E-state index < -0.39 is 0 Å². The lowest BCUT2D eigenvalue weighted by atomic mass is 10.1. The maximum absolute atomic E-state index is 5.42. The van der Waals surface area contributed by atoms with E-state index in [-0.39, 0.29) is 0 Å². The lowest BCUT2D eigenvalue weighted by Crippen LogP contribution is -2.36. The van der Waals surface area contributed by atoms with Crippen LogP contribution in [0, 0.1) is 0 Å². The Bertz CT molecular complexity index is 837. The van der Waals surface area contributed by atoms with E-state index in [0.717, 1.165) is 61.9 Å². The largest absolute Gasteiger partial charge is 0.378 e. The minimum Gasteiger partial charge on any atom is -0.378 e. The molecule has 2 aromatic heterocycles. The Morgan fingerprint density at radius 1 is 1.12 bits per heavy atom. The maximum Gasteiger partial charge on any atom is 0.165 e. The molecule has 0 spiro atoms. The van der Waals surface area contributed by atoms with Crippen LogP contribution in [0.2, 0.25) is 0 Å². The summed E-state index contributed by atoms with van der Waals surface area (Å²) in [5.74, 6) is 0.975. The summed E-state index contributed by atoms with van der Waals surface area (Å²) in [6, 6.07) is 10.6. The van der Waals surface area contributed by atoms with Crippen molar-refractivity contribution in [3.63, 3.8) is 0 Å². The quantitative estimate of drug-likeness (QED) is 0.775. The maximum atomic E-state index is 5.42. The molecule has 0 atom stereocenters. The number of nitrogens with zero attached hydrogens (tertiary/aromatic N) is 4. The number of benzene rings is 1. The van der Waals surface area contributed by atoms with Crippen LogP contribution in [0.15, 0.2) is 42.7 Å². The molecule has 1 fully saturated rings. The lowest BCUT2D eigenvalue weighted by molar-refractivity contribution is 0.122. The molecule has 3 heterocycles. The van der Waals surface area contributed by atoms with Gasteiger partial charge in [-0.25, -0.2) is 4.98 Å². The predicted molar refractivity (Wildman–Crippen MR) is 100 cm³/mol. The van der Waals surface area contributed by atoms with E-state index in [1.54, 1.807) is 0 Å². The van der Waals surface area contributed by atoms with E-state index in [1.165, 1.54) is 5.69 Å². The summed E-state index contributed by atoms with van der Waals surface area (Å²) in [5.41, 5.74) is 4.29. The molecule has 0 bridgehead atoms. The highest BCUT2D eigenvalue weighted by atomic mass is 16.5. The van der Waals surface area contributed by atoms with E-state index in [9.17, 15) is 0 Å². The average Bonchev–Trinajstić information content (AvgIpc) is 3.12. The number of fused-ring (bicyclic) bond motifs is 1. The molecular weight excluding hydrogens is 314 g/mol. The van der Waals surface area contributed by atoms with E-state index in [4.69, 9.17) is 4.74 Å². The molecule has 6 heteroatoms. The van der Waals surface area contributed by atoms with Gasteiger partial charge in [0.05, 0.1) is 19.4 Å². The van der Waals surface area contributed by atoms with Crippen LogP contribution < -0.4 is 10.2 Å². The summed E-state index contributed by atoms with van der Waals surface area (Å²) in [6.07, 6.45) is 4.80. The number of hydrogen-bond acceptors (Lipinski definition) is 5. The summed E-state index contributed by atoms with van der Waals surface area (Å²) >= 11 is 0. The fraction of sp³-hybridized carbons (Fsp3) is 0.368. The molecule has 0 amide bonds. The van der Waals surface area contributed by atoms with Gasteiger partial charge < -0.3 is 15.0 Å². The predicted octanol–water partition coefficient (Wildman–Crippen LogP) is 3.05. The smallest absolute Gasteiger partial charge is 0.165 e. The first-order valence-electron chi connectivity index (χ1n) is 8.86. The second-order valence-electron chi connectivity index (χ2n) is 6.20. The third-order valence-electron chi connectivity index (χ3n) is 4.51. The molecule has 1 aliphatic heterocycles. The van der Waals surface area contributed by atoms with Crippen LogP contribution >= 0.6 is 0 Å². The van der Waals surface area contributed by atoms with Gasteiger partial charge in [-0.1, -0.05) is 19.1 Å². The van der Waals surface area contributed by atoms with Crippen LogP contribution in [0.5, 0.6) is 0 Å². The summed E-state index contributed by atoms with van der Waals surface area (Å²) in [7, 11) is 0. The first-order valence-corrected chi connectivity index (χ1v) is 8.86. The van der Waals surface area contributed by atoms with Crippen molar-refractivity contribution in [1.29, 1.82) is 0 Å². The van der Waals surface area contributed by atoms with Crippen LogP contribution in [0.4, 0.5) is 11.5 Å². The van der Waals surface area contributed by atoms with Crippen LogP contribution in [0.1, 0.15) is 13.3 Å².